The third-order valence-corrected chi connectivity index (χ3v) is 3.63. The van der Waals surface area contributed by atoms with E-state index in [0.717, 1.165) is 23.0 Å². The molecule has 0 fully saturated rings. The maximum atomic E-state index is 14.5. The number of halogens is 4. The fourth-order valence-corrected chi connectivity index (χ4v) is 2.44. The lowest BCUT2D eigenvalue weighted by molar-refractivity contribution is -0.167. The summed E-state index contributed by atoms with van der Waals surface area (Å²) in [6.45, 7) is 0. The summed E-state index contributed by atoms with van der Waals surface area (Å²) in [5.74, 6) is -4.23. The first-order valence-corrected chi connectivity index (χ1v) is 7.59. The molecular weight excluding hydrogens is 366 g/mol. The predicted molar refractivity (Wildman–Crippen MR) is 88.1 cm³/mol. The summed E-state index contributed by atoms with van der Waals surface area (Å²) in [6.07, 6.45) is -2.92. The highest BCUT2D eigenvalue weighted by atomic mass is 19.4. The van der Waals surface area contributed by atoms with Crippen LogP contribution in [-0.2, 0) is 4.79 Å². The second kappa shape index (κ2) is 7.02. The first-order valence-electron chi connectivity index (χ1n) is 7.59. The van der Waals surface area contributed by atoms with Crippen molar-refractivity contribution >= 4 is 17.6 Å². The van der Waals surface area contributed by atoms with Crippen molar-refractivity contribution in [1.82, 2.24) is 9.55 Å². The zero-order valence-corrected chi connectivity index (χ0v) is 13.5. The smallest absolute Gasteiger partial charge is 0.289 e. The Morgan fingerprint density at radius 3 is 2.37 bits per heavy atom. The van der Waals surface area contributed by atoms with Gasteiger partial charge in [0.2, 0.25) is 5.95 Å². The second-order valence-corrected chi connectivity index (χ2v) is 5.40. The quantitative estimate of drug-likeness (QED) is 0.557. The maximum Gasteiger partial charge on any atom is 0.471 e. The number of aromatic nitrogens is 2. The Labute approximate surface area is 150 Å². The lowest BCUT2D eigenvalue weighted by atomic mass is 10.0. The number of carbonyl (C=O) groups excluding carboxylic acids is 2. The van der Waals surface area contributed by atoms with E-state index < -0.39 is 29.6 Å². The molecule has 9 heteroatoms. The van der Waals surface area contributed by atoms with Gasteiger partial charge in [-0.2, -0.15) is 13.2 Å². The highest BCUT2D eigenvalue weighted by molar-refractivity contribution is 6.11. The van der Waals surface area contributed by atoms with Gasteiger partial charge in [0.1, 0.15) is 5.82 Å². The maximum absolute atomic E-state index is 14.5. The number of hydrogen-bond acceptors (Lipinski definition) is 3. The van der Waals surface area contributed by atoms with E-state index in [1.54, 1.807) is 23.5 Å². The van der Waals surface area contributed by atoms with Gasteiger partial charge in [0.05, 0.1) is 5.69 Å². The van der Waals surface area contributed by atoms with Crippen molar-refractivity contribution in [1.29, 1.82) is 0 Å². The molecule has 1 heterocycles. The average molecular weight is 377 g/mol. The first-order chi connectivity index (χ1) is 12.8. The molecule has 0 aliphatic heterocycles. The Morgan fingerprint density at radius 1 is 1.00 bits per heavy atom. The largest absolute Gasteiger partial charge is 0.471 e. The summed E-state index contributed by atoms with van der Waals surface area (Å²) in [5.41, 5.74) is -0.145. The number of para-hydroxylation sites is 1. The molecule has 1 amide bonds. The molecular formula is C18H11F4N3O2. The molecule has 0 unspecified atom stereocenters. The van der Waals surface area contributed by atoms with Gasteiger partial charge >= 0.3 is 12.1 Å². The summed E-state index contributed by atoms with van der Waals surface area (Å²) in [5, 5.41) is 1.57. The van der Waals surface area contributed by atoms with Gasteiger partial charge in [-0.25, -0.2) is 9.37 Å². The first kappa shape index (κ1) is 18.3. The number of nitrogens with zero attached hydrogens (tertiary/aromatic N) is 2. The molecule has 1 N–H and O–H groups in total. The van der Waals surface area contributed by atoms with Crippen LogP contribution < -0.4 is 5.32 Å². The van der Waals surface area contributed by atoms with Gasteiger partial charge in [-0.3, -0.25) is 19.5 Å². The van der Waals surface area contributed by atoms with Crippen LogP contribution in [0.5, 0.6) is 0 Å². The van der Waals surface area contributed by atoms with Crippen molar-refractivity contribution in [3.05, 3.63) is 77.9 Å². The standard InChI is InChI=1S/C18H11F4N3O2/c19-13-8-4-7-12(15(26)11-5-2-1-3-6-11)14(13)25-10-9-23-17(25)24-16(27)18(20,21)22/h1-10H,(H,23,24,27). The number of ketones is 1. The van der Waals surface area contributed by atoms with Crippen LogP contribution in [0.1, 0.15) is 15.9 Å². The van der Waals surface area contributed by atoms with Gasteiger partial charge in [0.15, 0.2) is 5.78 Å². The molecule has 3 rings (SSSR count). The Hall–Kier alpha value is -3.49. The molecule has 3 aromatic rings. The van der Waals surface area contributed by atoms with Gasteiger partial charge < -0.3 is 0 Å². The second-order valence-electron chi connectivity index (χ2n) is 5.40. The minimum Gasteiger partial charge on any atom is -0.289 e. The Kier molecular flexibility index (Phi) is 4.76. The van der Waals surface area contributed by atoms with Crippen LogP contribution in [0, 0.1) is 5.82 Å². The molecule has 0 spiro atoms. The Bertz CT molecular complexity index is 997. The van der Waals surface area contributed by atoms with Crippen molar-refractivity contribution < 1.29 is 27.2 Å². The van der Waals surface area contributed by atoms with Crippen molar-refractivity contribution in [2.45, 2.75) is 6.18 Å². The van der Waals surface area contributed by atoms with Crippen LogP contribution in [0.15, 0.2) is 60.9 Å². The molecule has 0 radical (unpaired) electrons. The normalized spacial score (nSPS) is 11.3. The van der Waals surface area contributed by atoms with Gasteiger partial charge in [0, 0.05) is 23.5 Å². The summed E-state index contributed by atoms with van der Waals surface area (Å²) >= 11 is 0. The third kappa shape index (κ3) is 3.71. The highest BCUT2D eigenvalue weighted by Gasteiger charge is 2.39. The third-order valence-electron chi connectivity index (χ3n) is 3.63. The van der Waals surface area contributed by atoms with Crippen LogP contribution >= 0.6 is 0 Å². The van der Waals surface area contributed by atoms with Crippen molar-refractivity contribution in [3.63, 3.8) is 0 Å². The van der Waals surface area contributed by atoms with Crippen LogP contribution in [0.3, 0.4) is 0 Å². The summed E-state index contributed by atoms with van der Waals surface area (Å²) < 4.78 is 52.9. The summed E-state index contributed by atoms with van der Waals surface area (Å²) in [4.78, 5) is 27.5. The molecule has 1 aromatic heterocycles. The van der Waals surface area contributed by atoms with E-state index >= 15 is 0 Å². The molecule has 0 aliphatic rings. The molecule has 27 heavy (non-hydrogen) atoms. The monoisotopic (exact) mass is 377 g/mol. The van der Waals surface area contributed by atoms with E-state index in [1.165, 1.54) is 24.3 Å². The fourth-order valence-electron chi connectivity index (χ4n) is 2.44. The average Bonchev–Trinajstić information content (AvgIpc) is 3.08. The molecule has 138 valence electrons. The van der Waals surface area contributed by atoms with Crippen LogP contribution in [-0.4, -0.2) is 27.4 Å². The zero-order valence-electron chi connectivity index (χ0n) is 13.5. The molecule has 2 aromatic carbocycles. The number of nitrogens with one attached hydrogen (secondary N) is 1. The predicted octanol–water partition coefficient (Wildman–Crippen LogP) is 3.74. The minimum absolute atomic E-state index is 0.0956. The number of amides is 1. The topological polar surface area (TPSA) is 64.0 Å². The van der Waals surface area contributed by atoms with Crippen LogP contribution in [0.4, 0.5) is 23.5 Å². The number of imidazole rings is 1. The summed E-state index contributed by atoms with van der Waals surface area (Å²) in [6, 6.07) is 11.7. The zero-order chi connectivity index (χ0) is 19.6. The molecule has 0 saturated carbocycles. The molecule has 5 nitrogen and oxygen atoms in total. The molecule has 0 saturated heterocycles. The lowest BCUT2D eigenvalue weighted by Crippen LogP contribution is -2.31. The molecule has 0 bridgehead atoms. The van der Waals surface area contributed by atoms with E-state index in [9.17, 15) is 27.2 Å². The molecule has 0 aliphatic carbocycles. The van der Waals surface area contributed by atoms with Gasteiger partial charge in [-0.1, -0.05) is 36.4 Å². The summed E-state index contributed by atoms with van der Waals surface area (Å²) in [7, 11) is 0. The SMILES string of the molecule is O=C(c1ccccc1)c1cccc(F)c1-n1ccnc1NC(=O)C(F)(F)F. The minimum atomic E-state index is -5.14. The van der Waals surface area contributed by atoms with Crippen LogP contribution in [0.2, 0.25) is 0 Å². The van der Waals surface area contributed by atoms with E-state index in [0.29, 0.717) is 0 Å². The van der Waals surface area contributed by atoms with Crippen molar-refractivity contribution in [2.24, 2.45) is 0 Å². The van der Waals surface area contributed by atoms with E-state index in [2.05, 4.69) is 4.98 Å². The van der Waals surface area contributed by atoms with Gasteiger partial charge in [-0.05, 0) is 12.1 Å². The number of carbonyl (C=O) groups is 2. The number of hydrogen-bond donors (Lipinski definition) is 1. The fraction of sp³-hybridized carbons (Fsp3) is 0.0556. The number of rotatable bonds is 4. The van der Waals surface area contributed by atoms with E-state index in [1.807, 2.05) is 0 Å². The highest BCUT2D eigenvalue weighted by Crippen LogP contribution is 2.26. The molecule has 0 atom stereocenters. The number of benzene rings is 2. The van der Waals surface area contributed by atoms with Crippen molar-refractivity contribution in [2.75, 3.05) is 5.32 Å². The van der Waals surface area contributed by atoms with E-state index in [4.69, 9.17) is 0 Å². The van der Waals surface area contributed by atoms with Crippen LogP contribution in [0.25, 0.3) is 5.69 Å². The van der Waals surface area contributed by atoms with E-state index in [-0.39, 0.29) is 16.8 Å². The van der Waals surface area contributed by atoms with Crippen molar-refractivity contribution in [3.8, 4) is 5.69 Å². The number of anilines is 1. The van der Waals surface area contributed by atoms with Gasteiger partial charge in [0.25, 0.3) is 0 Å². The number of alkyl halides is 3. The lowest BCUT2D eigenvalue weighted by Gasteiger charge is -2.14. The Balaban J connectivity index is 2.08. The van der Waals surface area contributed by atoms with Gasteiger partial charge in [-0.15, -0.1) is 0 Å². The Morgan fingerprint density at radius 2 is 1.70 bits per heavy atom.